The lowest BCUT2D eigenvalue weighted by molar-refractivity contribution is -0.123. The van der Waals surface area contributed by atoms with Crippen molar-refractivity contribution < 1.29 is 14.7 Å². The summed E-state index contributed by atoms with van der Waals surface area (Å²) in [6.07, 6.45) is 18.6. The van der Waals surface area contributed by atoms with E-state index in [2.05, 4.69) is 65.1 Å². The van der Waals surface area contributed by atoms with Crippen LogP contribution >= 0.6 is 11.8 Å². The molecule has 0 saturated carbocycles. The number of hydrogen-bond donors (Lipinski definition) is 3. The molecule has 0 aliphatic rings. The number of amides is 2. The summed E-state index contributed by atoms with van der Waals surface area (Å²) in [6, 6.07) is 38.3. The van der Waals surface area contributed by atoms with Gasteiger partial charge in [0.1, 0.15) is 6.17 Å². The van der Waals surface area contributed by atoms with E-state index in [0.29, 0.717) is 29.1 Å². The van der Waals surface area contributed by atoms with Gasteiger partial charge in [0.25, 0.3) is 0 Å². The smallest absolute Gasteiger partial charge is 0.221 e. The summed E-state index contributed by atoms with van der Waals surface area (Å²) in [7, 11) is 0. The molecule has 5 aromatic rings. The van der Waals surface area contributed by atoms with Gasteiger partial charge in [-0.05, 0) is 52.8 Å². The number of tetrazole rings is 1. The van der Waals surface area contributed by atoms with Crippen molar-refractivity contribution in [2.24, 2.45) is 0 Å². The lowest BCUT2D eigenvalue weighted by Gasteiger charge is -2.34. The zero-order valence-corrected chi connectivity index (χ0v) is 36.3. The van der Waals surface area contributed by atoms with Crippen molar-refractivity contribution in [2.75, 3.05) is 5.75 Å². The molecule has 9 nitrogen and oxygen atoms in total. The molecule has 1 heterocycles. The third kappa shape index (κ3) is 13.1. The van der Waals surface area contributed by atoms with Gasteiger partial charge in [0.15, 0.2) is 5.54 Å². The van der Waals surface area contributed by atoms with E-state index in [1.165, 1.54) is 57.2 Å². The standard InChI is InChI=1S/C50H62N6O3S/c1-4-6-8-9-10-11-12-13-14-15-25-35-45(60-38-46(51-39(3)57)52-47(58)36-7-5-2)48(59)40-27-26-28-41(37-40)49-53-55-56(54-49)50(42-29-19-16-20-30-42,43-31-21-17-22-32-43)44-33-23-18-24-34-44/h14-35,37,45-46,48,59H,4-13,36,38H2,1-3H3,(H,51,57)(H,52,58)/t45-,46-,48+/m1/s1. The van der Waals surface area contributed by atoms with Gasteiger partial charge in [-0.25, -0.2) is 0 Å². The van der Waals surface area contributed by atoms with Crippen molar-refractivity contribution in [3.63, 3.8) is 0 Å². The molecule has 0 radical (unpaired) electrons. The van der Waals surface area contributed by atoms with Crippen LogP contribution < -0.4 is 10.6 Å². The first kappa shape index (κ1) is 45.8. The van der Waals surface area contributed by atoms with Crippen LogP contribution in [0.25, 0.3) is 11.4 Å². The van der Waals surface area contributed by atoms with E-state index in [0.717, 1.165) is 42.4 Å². The number of hydrogen-bond acceptors (Lipinski definition) is 7. The predicted octanol–water partition coefficient (Wildman–Crippen LogP) is 10.3. The summed E-state index contributed by atoms with van der Waals surface area (Å²) >= 11 is 1.48. The number of rotatable bonds is 25. The van der Waals surface area contributed by atoms with Crippen molar-refractivity contribution in [2.45, 2.75) is 114 Å². The van der Waals surface area contributed by atoms with Crippen LogP contribution in [0.15, 0.2) is 140 Å². The molecule has 3 N–H and O–H groups in total. The zero-order valence-electron chi connectivity index (χ0n) is 35.5. The van der Waals surface area contributed by atoms with Crippen molar-refractivity contribution in [1.29, 1.82) is 0 Å². The number of allylic oxidation sites excluding steroid dienone is 3. The number of unbranched alkanes of at least 4 members (excludes halogenated alkanes) is 8. The Balaban J connectivity index is 1.42. The first-order valence-electron chi connectivity index (χ1n) is 21.6. The number of carbonyl (C=O) groups is 2. The summed E-state index contributed by atoms with van der Waals surface area (Å²) in [5.74, 6) is 0.439. The Bertz CT molecular complexity index is 1970. The van der Waals surface area contributed by atoms with Crippen molar-refractivity contribution >= 4 is 23.6 Å². The highest BCUT2D eigenvalue weighted by Crippen LogP contribution is 2.40. The Morgan fingerprint density at radius 3 is 1.95 bits per heavy atom. The Morgan fingerprint density at radius 1 is 0.750 bits per heavy atom. The second kappa shape index (κ2) is 24.7. The van der Waals surface area contributed by atoms with Crippen LogP contribution in [-0.4, -0.2) is 54.3 Å². The monoisotopic (exact) mass is 826 g/mol. The number of aliphatic hydroxyl groups is 1. The molecule has 4 aromatic carbocycles. The van der Waals surface area contributed by atoms with Crippen LogP contribution in [0, 0.1) is 0 Å². The molecular formula is C50H62N6O3S. The number of aromatic nitrogens is 4. The van der Waals surface area contributed by atoms with Gasteiger partial charge in [0, 0.05) is 24.7 Å². The van der Waals surface area contributed by atoms with Gasteiger partial charge in [0.2, 0.25) is 17.6 Å². The van der Waals surface area contributed by atoms with Crippen LogP contribution in [0.1, 0.15) is 120 Å². The van der Waals surface area contributed by atoms with Crippen LogP contribution in [-0.2, 0) is 15.1 Å². The Kier molecular flexibility index (Phi) is 18.8. The van der Waals surface area contributed by atoms with Gasteiger partial charge in [-0.15, -0.1) is 26.8 Å². The maximum absolute atomic E-state index is 12.7. The molecule has 0 bridgehead atoms. The van der Waals surface area contributed by atoms with E-state index in [-0.39, 0.29) is 11.8 Å². The molecular weight excluding hydrogens is 765 g/mol. The predicted molar refractivity (Wildman–Crippen MR) is 245 cm³/mol. The molecule has 3 atom stereocenters. The van der Waals surface area contributed by atoms with Crippen LogP contribution in [0.5, 0.6) is 0 Å². The van der Waals surface area contributed by atoms with Gasteiger partial charge in [-0.1, -0.05) is 192 Å². The fourth-order valence-corrected chi connectivity index (χ4v) is 8.53. The molecule has 60 heavy (non-hydrogen) atoms. The lowest BCUT2D eigenvalue weighted by atomic mass is 9.77. The largest absolute Gasteiger partial charge is 0.387 e. The average molecular weight is 827 g/mol. The lowest BCUT2D eigenvalue weighted by Crippen LogP contribution is -2.49. The highest BCUT2D eigenvalue weighted by molar-refractivity contribution is 8.00. The fourth-order valence-electron chi connectivity index (χ4n) is 7.40. The molecule has 0 saturated heterocycles. The van der Waals surface area contributed by atoms with E-state index in [9.17, 15) is 14.7 Å². The molecule has 5 rings (SSSR count). The minimum Gasteiger partial charge on any atom is -0.387 e. The molecule has 2 amide bonds. The average Bonchev–Trinajstić information content (AvgIpc) is 3.77. The second-order valence-corrected chi connectivity index (χ2v) is 16.4. The number of nitrogens with one attached hydrogen (secondary N) is 2. The van der Waals surface area contributed by atoms with Gasteiger partial charge in [-0.2, -0.15) is 0 Å². The molecule has 0 aliphatic heterocycles. The van der Waals surface area contributed by atoms with Crippen LogP contribution in [0.3, 0.4) is 0 Å². The Hall–Kier alpha value is -5.32. The maximum atomic E-state index is 12.7. The Morgan fingerprint density at radius 2 is 1.35 bits per heavy atom. The number of thioether (sulfide) groups is 1. The van der Waals surface area contributed by atoms with E-state index >= 15 is 0 Å². The molecule has 1 aromatic heterocycles. The van der Waals surface area contributed by atoms with E-state index in [4.69, 9.17) is 10.3 Å². The molecule has 0 spiro atoms. The first-order chi connectivity index (χ1) is 29.4. The normalized spacial score (nSPS) is 13.3. The van der Waals surface area contributed by atoms with E-state index in [1.54, 1.807) is 4.80 Å². The summed E-state index contributed by atoms with van der Waals surface area (Å²) in [5.41, 5.74) is 3.43. The minimum absolute atomic E-state index is 0.110. The first-order valence-corrected chi connectivity index (χ1v) is 22.7. The van der Waals surface area contributed by atoms with E-state index in [1.807, 2.05) is 104 Å². The number of carbonyl (C=O) groups excluding carboxylic acids is 2. The zero-order chi connectivity index (χ0) is 42.4. The molecule has 316 valence electrons. The number of nitrogens with zero attached hydrogens (tertiary/aromatic N) is 4. The van der Waals surface area contributed by atoms with Crippen molar-refractivity contribution in [1.82, 2.24) is 30.8 Å². The van der Waals surface area contributed by atoms with Gasteiger partial charge < -0.3 is 15.7 Å². The Labute approximate surface area is 361 Å². The number of aliphatic hydroxyl groups excluding tert-OH is 1. The third-order valence-electron chi connectivity index (χ3n) is 10.5. The summed E-state index contributed by atoms with van der Waals surface area (Å²) in [5, 5.41) is 31.9. The SMILES string of the molecule is CCCCCCCCCC=CC=C[C@@H](SC[C@H](NC(C)=O)NC(=O)CCCC)[C@@H](O)c1cccc(-c2nnn(C(c3ccccc3)(c3ccccc3)c3ccccc3)n2)c1. The van der Waals surface area contributed by atoms with E-state index < -0.39 is 23.1 Å². The molecule has 10 heteroatoms. The van der Waals surface area contributed by atoms with Crippen LogP contribution in [0.2, 0.25) is 0 Å². The molecule has 0 unspecified atom stereocenters. The second-order valence-electron chi connectivity index (χ2n) is 15.2. The van der Waals surface area contributed by atoms with Gasteiger partial charge in [-0.3, -0.25) is 9.59 Å². The van der Waals surface area contributed by atoms with Gasteiger partial charge >= 0.3 is 0 Å². The minimum atomic E-state index is -0.927. The quantitative estimate of drug-likeness (QED) is 0.0232. The molecule has 0 aliphatic carbocycles. The summed E-state index contributed by atoms with van der Waals surface area (Å²) in [6.45, 7) is 5.72. The fraction of sp³-hybridized carbons (Fsp3) is 0.380. The summed E-state index contributed by atoms with van der Waals surface area (Å²) < 4.78 is 0. The third-order valence-corrected chi connectivity index (χ3v) is 11.9. The summed E-state index contributed by atoms with van der Waals surface area (Å²) in [4.78, 5) is 26.5. The highest BCUT2D eigenvalue weighted by atomic mass is 32.2. The van der Waals surface area contributed by atoms with Gasteiger partial charge in [0.05, 0.1) is 11.4 Å². The highest BCUT2D eigenvalue weighted by Gasteiger charge is 2.41. The maximum Gasteiger partial charge on any atom is 0.221 e. The van der Waals surface area contributed by atoms with Crippen LogP contribution in [0.4, 0.5) is 0 Å². The van der Waals surface area contributed by atoms with Crippen molar-refractivity contribution in [3.8, 4) is 11.4 Å². The topological polar surface area (TPSA) is 122 Å². The van der Waals surface area contributed by atoms with Crippen molar-refractivity contribution in [3.05, 3.63) is 162 Å². The number of benzene rings is 4. The molecule has 0 fully saturated rings.